The largest absolute Gasteiger partial charge is 0.396 e. The number of hydroxylamine groups is 2. The predicted octanol–water partition coefficient (Wildman–Crippen LogP) is 0.182. The molecule has 0 aliphatic carbocycles. The van der Waals surface area contributed by atoms with Crippen molar-refractivity contribution in [1.82, 2.24) is 15.0 Å². The van der Waals surface area contributed by atoms with Gasteiger partial charge in [-0.3, -0.25) is 9.97 Å². The summed E-state index contributed by atoms with van der Waals surface area (Å²) < 4.78 is 0. The molecule has 2 rings (SSSR count). The molecule has 1 aliphatic rings. The zero-order valence-electron chi connectivity index (χ0n) is 10.2. The average molecular weight is 251 g/mol. The molecule has 0 aromatic carbocycles. The quantitative estimate of drug-likeness (QED) is 0.822. The van der Waals surface area contributed by atoms with E-state index < -0.39 is 0 Å². The van der Waals surface area contributed by atoms with Gasteiger partial charge in [-0.05, 0) is 18.8 Å². The van der Waals surface area contributed by atoms with Crippen LogP contribution in [0.25, 0.3) is 0 Å². The Balaban J connectivity index is 1.75. The molecule has 1 fully saturated rings. The average Bonchev–Trinajstić information content (AvgIpc) is 2.40. The maximum atomic E-state index is 11.7. The Kier molecular flexibility index (Phi) is 4.60. The maximum absolute atomic E-state index is 11.7. The van der Waals surface area contributed by atoms with Crippen LogP contribution in [-0.4, -0.2) is 45.8 Å². The number of aromatic nitrogens is 2. The first kappa shape index (κ1) is 12.9. The normalized spacial score (nSPS) is 17.6. The number of nitrogens with zero attached hydrogens (tertiary/aromatic N) is 3. The van der Waals surface area contributed by atoms with E-state index in [1.807, 2.05) is 0 Å². The lowest BCUT2D eigenvalue weighted by atomic mass is 9.99. The zero-order valence-corrected chi connectivity index (χ0v) is 10.2. The van der Waals surface area contributed by atoms with E-state index in [4.69, 9.17) is 9.94 Å². The molecule has 18 heavy (non-hydrogen) atoms. The van der Waals surface area contributed by atoms with Crippen molar-refractivity contribution in [1.29, 1.82) is 0 Å². The first-order chi connectivity index (χ1) is 8.78. The van der Waals surface area contributed by atoms with Gasteiger partial charge < -0.3 is 9.94 Å². The molecule has 0 unspecified atom stereocenters. The highest BCUT2D eigenvalue weighted by molar-refractivity contribution is 5.71. The number of aliphatic hydroxyl groups is 1. The van der Waals surface area contributed by atoms with E-state index in [1.54, 1.807) is 23.7 Å². The molecule has 0 saturated carbocycles. The van der Waals surface area contributed by atoms with E-state index in [-0.39, 0.29) is 19.0 Å². The lowest BCUT2D eigenvalue weighted by Gasteiger charge is -2.29. The molecule has 1 N–H and O–H groups in total. The van der Waals surface area contributed by atoms with Gasteiger partial charge in [-0.1, -0.05) is 0 Å². The monoisotopic (exact) mass is 251 g/mol. The lowest BCUT2D eigenvalue weighted by Crippen LogP contribution is -2.36. The third kappa shape index (κ3) is 3.75. The van der Waals surface area contributed by atoms with Crippen LogP contribution in [0.1, 0.15) is 18.5 Å². The molecule has 0 atom stereocenters. The topological polar surface area (TPSA) is 75.5 Å². The van der Waals surface area contributed by atoms with Gasteiger partial charge in [-0.25, -0.2) is 4.79 Å². The van der Waals surface area contributed by atoms with Gasteiger partial charge in [0.2, 0.25) is 0 Å². The molecule has 0 spiro atoms. The summed E-state index contributed by atoms with van der Waals surface area (Å²) in [5.41, 5.74) is 0.604. The summed E-state index contributed by atoms with van der Waals surface area (Å²) in [5.74, 6) is 0.0119. The van der Waals surface area contributed by atoms with Crippen molar-refractivity contribution >= 4 is 5.97 Å². The van der Waals surface area contributed by atoms with Crippen molar-refractivity contribution in [2.75, 3.05) is 19.7 Å². The summed E-state index contributed by atoms with van der Waals surface area (Å²) >= 11 is 0. The predicted molar refractivity (Wildman–Crippen MR) is 63.2 cm³/mol. The Morgan fingerprint density at radius 2 is 2.22 bits per heavy atom. The van der Waals surface area contributed by atoms with E-state index in [0.29, 0.717) is 24.7 Å². The minimum absolute atomic E-state index is 0.133. The van der Waals surface area contributed by atoms with Gasteiger partial charge in [0.25, 0.3) is 0 Å². The van der Waals surface area contributed by atoms with Crippen LogP contribution in [0.3, 0.4) is 0 Å². The highest BCUT2D eigenvalue weighted by Gasteiger charge is 2.21. The maximum Gasteiger partial charge on any atom is 0.331 e. The van der Waals surface area contributed by atoms with E-state index >= 15 is 0 Å². The van der Waals surface area contributed by atoms with Gasteiger partial charge >= 0.3 is 5.97 Å². The molecule has 98 valence electrons. The number of hydrogen-bond donors (Lipinski definition) is 1. The van der Waals surface area contributed by atoms with Crippen LogP contribution in [0.5, 0.6) is 0 Å². The van der Waals surface area contributed by atoms with Crippen molar-refractivity contribution < 1.29 is 14.7 Å². The summed E-state index contributed by atoms with van der Waals surface area (Å²) in [5, 5.41) is 10.7. The number of rotatable bonds is 4. The molecule has 1 aromatic rings. The van der Waals surface area contributed by atoms with Gasteiger partial charge in [-0.15, -0.1) is 5.06 Å². The number of hydrogen-bond acceptors (Lipinski definition) is 6. The van der Waals surface area contributed by atoms with Crippen LogP contribution in [0.15, 0.2) is 18.6 Å². The fraction of sp³-hybridized carbons (Fsp3) is 0.583. The second-order valence-electron chi connectivity index (χ2n) is 4.39. The molecule has 2 heterocycles. The summed E-state index contributed by atoms with van der Waals surface area (Å²) in [4.78, 5) is 24.8. The molecule has 6 nitrogen and oxygen atoms in total. The Labute approximate surface area is 106 Å². The van der Waals surface area contributed by atoms with Crippen LogP contribution >= 0.6 is 0 Å². The van der Waals surface area contributed by atoms with Crippen molar-refractivity contribution in [3.05, 3.63) is 24.3 Å². The van der Waals surface area contributed by atoms with Crippen molar-refractivity contribution in [3.63, 3.8) is 0 Å². The lowest BCUT2D eigenvalue weighted by molar-refractivity contribution is -0.196. The fourth-order valence-electron chi connectivity index (χ4n) is 1.93. The van der Waals surface area contributed by atoms with E-state index in [1.165, 1.54) is 0 Å². The molecule has 1 aromatic heterocycles. The molecule has 1 aliphatic heterocycles. The second-order valence-corrected chi connectivity index (χ2v) is 4.39. The zero-order chi connectivity index (χ0) is 12.8. The van der Waals surface area contributed by atoms with E-state index in [2.05, 4.69) is 9.97 Å². The number of carbonyl (C=O) groups excluding carboxylic acids is 1. The molecule has 6 heteroatoms. The van der Waals surface area contributed by atoms with Gasteiger partial charge in [0.05, 0.1) is 12.1 Å². The minimum atomic E-state index is -0.321. The smallest absolute Gasteiger partial charge is 0.331 e. The third-order valence-corrected chi connectivity index (χ3v) is 3.00. The van der Waals surface area contributed by atoms with Gasteiger partial charge in [0, 0.05) is 38.3 Å². The van der Waals surface area contributed by atoms with Crippen molar-refractivity contribution in [2.45, 2.75) is 19.3 Å². The summed E-state index contributed by atoms with van der Waals surface area (Å²) in [7, 11) is 0. The first-order valence-electron chi connectivity index (χ1n) is 6.09. The molecular weight excluding hydrogens is 234 g/mol. The summed E-state index contributed by atoms with van der Waals surface area (Å²) in [6, 6.07) is 0. The van der Waals surface area contributed by atoms with E-state index in [9.17, 15) is 4.79 Å². The van der Waals surface area contributed by atoms with Crippen LogP contribution in [-0.2, 0) is 16.1 Å². The molecule has 0 amide bonds. The van der Waals surface area contributed by atoms with Gasteiger partial charge in [0.15, 0.2) is 0 Å². The van der Waals surface area contributed by atoms with Crippen LogP contribution < -0.4 is 0 Å². The fourth-order valence-corrected chi connectivity index (χ4v) is 1.93. The summed E-state index contributed by atoms with van der Waals surface area (Å²) in [6.45, 7) is 1.57. The Morgan fingerprint density at radius 3 is 2.83 bits per heavy atom. The Morgan fingerprint density at radius 1 is 1.44 bits per heavy atom. The van der Waals surface area contributed by atoms with Crippen LogP contribution in [0, 0.1) is 5.92 Å². The van der Waals surface area contributed by atoms with Crippen molar-refractivity contribution in [3.8, 4) is 0 Å². The molecular formula is C12H17N3O3. The standard InChI is InChI=1S/C12H17N3O3/c16-9-10-1-5-15(6-2-10)18-12(17)7-11-8-13-3-4-14-11/h3-4,8,10,16H,1-2,5-7,9H2. The van der Waals surface area contributed by atoms with Crippen LogP contribution in [0.4, 0.5) is 0 Å². The second kappa shape index (κ2) is 6.42. The van der Waals surface area contributed by atoms with Gasteiger partial charge in [0.1, 0.15) is 0 Å². The van der Waals surface area contributed by atoms with Crippen molar-refractivity contribution in [2.24, 2.45) is 5.92 Å². The highest BCUT2D eigenvalue weighted by Crippen LogP contribution is 2.16. The highest BCUT2D eigenvalue weighted by atomic mass is 16.7. The summed E-state index contributed by atoms with van der Waals surface area (Å²) in [6.07, 6.45) is 6.51. The molecule has 0 radical (unpaired) electrons. The third-order valence-electron chi connectivity index (χ3n) is 3.00. The first-order valence-corrected chi connectivity index (χ1v) is 6.09. The van der Waals surface area contributed by atoms with Gasteiger partial charge in [-0.2, -0.15) is 0 Å². The number of piperidine rings is 1. The number of aliphatic hydroxyl groups excluding tert-OH is 1. The van der Waals surface area contributed by atoms with E-state index in [0.717, 1.165) is 12.8 Å². The molecule has 1 saturated heterocycles. The molecule has 0 bridgehead atoms. The Hall–Kier alpha value is -1.53. The Bertz CT molecular complexity index is 377. The minimum Gasteiger partial charge on any atom is -0.396 e. The SMILES string of the molecule is O=C(Cc1cnccn1)ON1CCC(CO)CC1. The number of carbonyl (C=O) groups is 1. The van der Waals surface area contributed by atoms with Crippen LogP contribution in [0.2, 0.25) is 0 Å².